The van der Waals surface area contributed by atoms with Crippen LogP contribution in [0.2, 0.25) is 0 Å². The van der Waals surface area contributed by atoms with Crippen LogP contribution in [0.1, 0.15) is 33.6 Å². The van der Waals surface area contributed by atoms with Gasteiger partial charge in [-0.2, -0.15) is 0 Å². The summed E-state index contributed by atoms with van der Waals surface area (Å²) in [5.74, 6) is -0.00155. The number of amides is 2. The second-order valence-corrected chi connectivity index (χ2v) is 9.96. The van der Waals surface area contributed by atoms with E-state index in [-0.39, 0.29) is 11.8 Å². The van der Waals surface area contributed by atoms with Crippen LogP contribution in [0, 0.1) is 0 Å². The Morgan fingerprint density at radius 1 is 0.553 bits per heavy atom. The molecule has 1 aliphatic rings. The summed E-state index contributed by atoms with van der Waals surface area (Å²) in [5, 5.41) is 10.4. The van der Waals surface area contributed by atoms with Crippen molar-refractivity contribution < 1.29 is 9.59 Å². The molecule has 2 amide bonds. The van der Waals surface area contributed by atoms with Gasteiger partial charge in [0, 0.05) is 50.4 Å². The zero-order valence-corrected chi connectivity index (χ0v) is 21.9. The van der Waals surface area contributed by atoms with E-state index in [2.05, 4.69) is 20.4 Å². The molecule has 0 atom stereocenters. The number of fused-ring (bicyclic) bond motifs is 2. The van der Waals surface area contributed by atoms with Crippen molar-refractivity contribution in [1.82, 2.24) is 20.4 Å². The molecule has 4 aromatic carbocycles. The minimum absolute atomic E-state index is 0.000776. The quantitative estimate of drug-likeness (QED) is 0.309. The molecule has 0 aliphatic carbocycles. The van der Waals surface area contributed by atoms with Crippen molar-refractivity contribution in [2.24, 2.45) is 0 Å². The van der Waals surface area contributed by atoms with Gasteiger partial charge in [-0.15, -0.1) is 0 Å². The van der Waals surface area contributed by atoms with Crippen molar-refractivity contribution in [3.05, 3.63) is 96.1 Å². The number of hydrogen-bond donors (Lipinski definition) is 2. The van der Waals surface area contributed by atoms with Gasteiger partial charge in [-0.3, -0.25) is 9.59 Å². The Hall–Kier alpha value is -3.74. The van der Waals surface area contributed by atoms with Crippen molar-refractivity contribution in [2.75, 3.05) is 52.4 Å². The van der Waals surface area contributed by atoms with Gasteiger partial charge in [-0.05, 0) is 59.6 Å². The van der Waals surface area contributed by atoms with Crippen LogP contribution < -0.4 is 10.6 Å². The second kappa shape index (κ2) is 12.7. The summed E-state index contributed by atoms with van der Waals surface area (Å²) in [6, 6.07) is 27.8. The number of hydrogen-bond acceptors (Lipinski definition) is 4. The Kier molecular flexibility index (Phi) is 8.64. The Balaban J connectivity index is 0.964. The normalized spacial score (nSPS) is 14.5. The summed E-state index contributed by atoms with van der Waals surface area (Å²) in [5.41, 5.74) is 1.48. The van der Waals surface area contributed by atoms with E-state index in [0.717, 1.165) is 84.8 Å². The first-order chi connectivity index (χ1) is 18.7. The van der Waals surface area contributed by atoms with Gasteiger partial charge in [0.1, 0.15) is 0 Å². The highest BCUT2D eigenvalue weighted by Gasteiger charge is 2.17. The number of carbonyl (C=O) groups excluding carboxylic acids is 2. The molecule has 5 rings (SSSR count). The summed E-state index contributed by atoms with van der Waals surface area (Å²) in [6.07, 6.45) is 1.88. The van der Waals surface area contributed by atoms with Crippen LogP contribution in [-0.2, 0) is 0 Å². The SMILES string of the molecule is O=C(NCCCN1CCN(CCCNC(=O)c2cccc3ccccc23)CC1)c1cccc2ccccc12. The summed E-state index contributed by atoms with van der Waals surface area (Å²) < 4.78 is 0. The van der Waals surface area contributed by atoms with Crippen LogP contribution in [0.25, 0.3) is 21.5 Å². The Labute approximate surface area is 224 Å². The number of rotatable bonds is 10. The van der Waals surface area contributed by atoms with E-state index >= 15 is 0 Å². The lowest BCUT2D eigenvalue weighted by molar-refractivity contribution is 0.0936. The first-order valence-corrected chi connectivity index (χ1v) is 13.7. The highest BCUT2D eigenvalue weighted by atomic mass is 16.2. The first-order valence-electron chi connectivity index (χ1n) is 13.7. The molecule has 1 saturated heterocycles. The smallest absolute Gasteiger partial charge is 0.251 e. The number of benzene rings is 4. The maximum Gasteiger partial charge on any atom is 0.251 e. The van der Waals surface area contributed by atoms with Gasteiger partial charge in [0.25, 0.3) is 11.8 Å². The molecule has 1 fully saturated rings. The van der Waals surface area contributed by atoms with Crippen LogP contribution in [0.15, 0.2) is 84.9 Å². The highest BCUT2D eigenvalue weighted by Crippen LogP contribution is 2.19. The zero-order chi connectivity index (χ0) is 26.2. The third-order valence-electron chi connectivity index (χ3n) is 7.41. The molecule has 0 unspecified atom stereocenters. The summed E-state index contributed by atoms with van der Waals surface area (Å²) in [7, 11) is 0. The van der Waals surface area contributed by atoms with Crippen LogP contribution in [-0.4, -0.2) is 74.0 Å². The molecule has 1 heterocycles. The maximum absolute atomic E-state index is 12.7. The first kappa shape index (κ1) is 25.9. The van der Waals surface area contributed by atoms with E-state index < -0.39 is 0 Å². The standard InChI is InChI=1S/C32H36N4O2/c37-31(29-15-5-11-25-9-1-3-13-27(25)29)33-17-7-19-35-21-23-36(24-22-35)20-8-18-34-32(38)30-16-6-12-26-10-2-4-14-28(26)30/h1-6,9-16H,7-8,17-24H2,(H,33,37)(H,34,38). The predicted molar refractivity (Wildman–Crippen MR) is 155 cm³/mol. The molecular weight excluding hydrogens is 472 g/mol. The largest absolute Gasteiger partial charge is 0.352 e. The van der Waals surface area contributed by atoms with Crippen molar-refractivity contribution in [3.8, 4) is 0 Å². The molecule has 0 saturated carbocycles. The van der Waals surface area contributed by atoms with E-state index in [4.69, 9.17) is 0 Å². The molecule has 0 radical (unpaired) electrons. The van der Waals surface area contributed by atoms with Crippen molar-refractivity contribution in [1.29, 1.82) is 0 Å². The zero-order valence-electron chi connectivity index (χ0n) is 21.9. The van der Waals surface area contributed by atoms with Gasteiger partial charge in [0.15, 0.2) is 0 Å². The minimum Gasteiger partial charge on any atom is -0.352 e. The fourth-order valence-corrected chi connectivity index (χ4v) is 5.28. The molecule has 38 heavy (non-hydrogen) atoms. The maximum atomic E-state index is 12.7. The Bertz CT molecular complexity index is 1280. The molecule has 0 aromatic heterocycles. The van der Waals surface area contributed by atoms with Crippen LogP contribution in [0.5, 0.6) is 0 Å². The molecule has 0 bridgehead atoms. The fourth-order valence-electron chi connectivity index (χ4n) is 5.28. The van der Waals surface area contributed by atoms with Gasteiger partial charge in [-0.1, -0.05) is 72.8 Å². The predicted octanol–water partition coefficient (Wildman–Crippen LogP) is 4.55. The van der Waals surface area contributed by atoms with E-state index in [1.807, 2.05) is 84.9 Å². The van der Waals surface area contributed by atoms with Crippen molar-refractivity contribution in [2.45, 2.75) is 12.8 Å². The number of nitrogens with one attached hydrogen (secondary N) is 2. The summed E-state index contributed by atoms with van der Waals surface area (Å²) in [6.45, 7) is 7.51. The van der Waals surface area contributed by atoms with E-state index in [9.17, 15) is 9.59 Å². The lowest BCUT2D eigenvalue weighted by atomic mass is 10.0. The molecule has 2 N–H and O–H groups in total. The van der Waals surface area contributed by atoms with Crippen LogP contribution in [0.4, 0.5) is 0 Å². The fraction of sp³-hybridized carbons (Fsp3) is 0.312. The van der Waals surface area contributed by atoms with Gasteiger partial charge in [0.05, 0.1) is 0 Å². The molecule has 0 spiro atoms. The van der Waals surface area contributed by atoms with Gasteiger partial charge in [0.2, 0.25) is 0 Å². The van der Waals surface area contributed by atoms with Crippen molar-refractivity contribution >= 4 is 33.4 Å². The Morgan fingerprint density at radius 2 is 0.947 bits per heavy atom. The number of nitrogens with zero attached hydrogens (tertiary/aromatic N) is 2. The monoisotopic (exact) mass is 508 g/mol. The van der Waals surface area contributed by atoms with Crippen LogP contribution >= 0.6 is 0 Å². The average Bonchev–Trinajstić information content (AvgIpc) is 2.97. The van der Waals surface area contributed by atoms with Gasteiger partial charge < -0.3 is 20.4 Å². The minimum atomic E-state index is -0.000776. The van der Waals surface area contributed by atoms with Gasteiger partial charge in [-0.25, -0.2) is 0 Å². The van der Waals surface area contributed by atoms with E-state index in [0.29, 0.717) is 13.1 Å². The third-order valence-corrected chi connectivity index (χ3v) is 7.41. The molecular formula is C32H36N4O2. The third kappa shape index (κ3) is 6.39. The molecule has 4 aromatic rings. The molecule has 1 aliphatic heterocycles. The van der Waals surface area contributed by atoms with Gasteiger partial charge >= 0.3 is 0 Å². The number of piperazine rings is 1. The lowest BCUT2D eigenvalue weighted by Crippen LogP contribution is -2.47. The van der Waals surface area contributed by atoms with Crippen LogP contribution in [0.3, 0.4) is 0 Å². The Morgan fingerprint density at radius 3 is 1.39 bits per heavy atom. The summed E-state index contributed by atoms with van der Waals surface area (Å²) in [4.78, 5) is 30.4. The molecule has 6 nitrogen and oxygen atoms in total. The molecule has 6 heteroatoms. The average molecular weight is 509 g/mol. The lowest BCUT2D eigenvalue weighted by Gasteiger charge is -2.34. The molecule has 196 valence electrons. The van der Waals surface area contributed by atoms with Crippen molar-refractivity contribution in [3.63, 3.8) is 0 Å². The number of carbonyl (C=O) groups is 2. The topological polar surface area (TPSA) is 64.7 Å². The van der Waals surface area contributed by atoms with E-state index in [1.54, 1.807) is 0 Å². The highest BCUT2D eigenvalue weighted by molar-refractivity contribution is 6.07. The summed E-state index contributed by atoms with van der Waals surface area (Å²) >= 11 is 0. The second-order valence-electron chi connectivity index (χ2n) is 9.96. The van der Waals surface area contributed by atoms with E-state index in [1.165, 1.54) is 0 Å².